The van der Waals surface area contributed by atoms with E-state index in [9.17, 15) is 19.8 Å². The molecule has 6 heteroatoms. The summed E-state index contributed by atoms with van der Waals surface area (Å²) in [7, 11) is 0. The van der Waals surface area contributed by atoms with Crippen LogP contribution >= 0.6 is 0 Å². The first-order valence-corrected chi connectivity index (χ1v) is 27.2. The number of hydrogen-bond donors (Lipinski definition) is 3. The number of aliphatic hydroxyl groups excluding tert-OH is 2. The fourth-order valence-corrected chi connectivity index (χ4v) is 7.57. The molecule has 0 saturated heterocycles. The molecular formula is C60H101NO5. The van der Waals surface area contributed by atoms with Gasteiger partial charge in [-0.25, -0.2) is 0 Å². The van der Waals surface area contributed by atoms with E-state index >= 15 is 0 Å². The van der Waals surface area contributed by atoms with Gasteiger partial charge in [0.05, 0.1) is 25.2 Å². The molecule has 0 fully saturated rings. The second-order valence-corrected chi connectivity index (χ2v) is 18.0. The maximum absolute atomic E-state index is 13.2. The SMILES string of the molecule is CCC/C=C/C=C/C=C/C=C/C=C/CCCCCC(CC(=O)NC(CO)C(O)CCCCCCCCCCCCCCCC)OC(=O)CCC/C=C\C/C=C\C/C=C\C/C=C\CCCCC. The summed E-state index contributed by atoms with van der Waals surface area (Å²) < 4.78 is 5.90. The number of carbonyl (C=O) groups is 2. The van der Waals surface area contributed by atoms with Crippen molar-refractivity contribution in [1.29, 1.82) is 0 Å². The van der Waals surface area contributed by atoms with Crippen LogP contribution in [-0.4, -0.2) is 46.9 Å². The van der Waals surface area contributed by atoms with Crippen molar-refractivity contribution >= 4 is 11.9 Å². The number of aliphatic hydroxyl groups is 2. The third kappa shape index (κ3) is 47.0. The summed E-state index contributed by atoms with van der Waals surface area (Å²) in [5.41, 5.74) is 0. The monoisotopic (exact) mass is 916 g/mol. The Labute approximate surface area is 407 Å². The minimum Gasteiger partial charge on any atom is -0.462 e. The molecule has 6 nitrogen and oxygen atoms in total. The Bertz CT molecular complexity index is 1350. The zero-order chi connectivity index (χ0) is 48.1. The van der Waals surface area contributed by atoms with Crippen LogP contribution in [-0.2, 0) is 14.3 Å². The highest BCUT2D eigenvalue weighted by molar-refractivity contribution is 5.77. The van der Waals surface area contributed by atoms with Crippen molar-refractivity contribution in [3.8, 4) is 0 Å². The zero-order valence-corrected chi connectivity index (χ0v) is 42.8. The van der Waals surface area contributed by atoms with E-state index in [1.54, 1.807) is 0 Å². The molecule has 1 amide bonds. The molecule has 0 aromatic carbocycles. The molecule has 0 saturated carbocycles. The Kier molecular flexibility index (Phi) is 49.7. The lowest BCUT2D eigenvalue weighted by molar-refractivity contribution is -0.151. The van der Waals surface area contributed by atoms with Crippen LogP contribution < -0.4 is 5.32 Å². The molecule has 0 rings (SSSR count). The first kappa shape index (κ1) is 62.5. The predicted octanol–water partition coefficient (Wildman–Crippen LogP) is 16.7. The summed E-state index contributed by atoms with van der Waals surface area (Å²) in [6.45, 7) is 6.34. The predicted molar refractivity (Wildman–Crippen MR) is 287 cm³/mol. The van der Waals surface area contributed by atoms with Gasteiger partial charge in [0, 0.05) is 6.42 Å². The molecular weight excluding hydrogens is 815 g/mol. The average Bonchev–Trinajstić information content (AvgIpc) is 3.31. The van der Waals surface area contributed by atoms with E-state index < -0.39 is 18.2 Å². The van der Waals surface area contributed by atoms with Gasteiger partial charge in [-0.15, -0.1) is 0 Å². The summed E-state index contributed by atoms with van der Waals surface area (Å²) in [4.78, 5) is 26.2. The normalized spacial score (nSPS) is 14.1. The lowest BCUT2D eigenvalue weighted by Crippen LogP contribution is -2.46. The van der Waals surface area contributed by atoms with Gasteiger partial charge in [0.2, 0.25) is 5.91 Å². The lowest BCUT2D eigenvalue weighted by atomic mass is 10.0. The van der Waals surface area contributed by atoms with E-state index in [1.807, 2.05) is 36.5 Å². The topological polar surface area (TPSA) is 95.9 Å². The summed E-state index contributed by atoms with van der Waals surface area (Å²) in [6, 6.07) is -0.734. The van der Waals surface area contributed by atoms with Gasteiger partial charge in [-0.1, -0.05) is 246 Å². The molecule has 0 aliphatic carbocycles. The van der Waals surface area contributed by atoms with Crippen LogP contribution in [0.5, 0.6) is 0 Å². The Hall–Kier alpha value is -3.48. The summed E-state index contributed by atoms with van der Waals surface area (Å²) in [5, 5.41) is 23.8. The van der Waals surface area contributed by atoms with Crippen molar-refractivity contribution in [2.45, 2.75) is 251 Å². The average molecular weight is 916 g/mol. The number of hydrogen-bond acceptors (Lipinski definition) is 5. The number of amides is 1. The molecule has 0 aromatic rings. The Balaban J connectivity index is 4.78. The van der Waals surface area contributed by atoms with Gasteiger partial charge < -0.3 is 20.3 Å². The molecule has 0 aliphatic rings. The number of allylic oxidation sites excluding steroid dienone is 18. The molecule has 376 valence electrons. The van der Waals surface area contributed by atoms with Crippen LogP contribution in [0.25, 0.3) is 0 Å². The van der Waals surface area contributed by atoms with Crippen LogP contribution in [0.2, 0.25) is 0 Å². The van der Waals surface area contributed by atoms with Crippen LogP contribution in [0.3, 0.4) is 0 Å². The number of unbranched alkanes of at least 4 members (excludes halogenated alkanes) is 21. The second kappa shape index (κ2) is 52.5. The second-order valence-electron chi connectivity index (χ2n) is 18.0. The van der Waals surface area contributed by atoms with Gasteiger partial charge in [-0.3, -0.25) is 9.59 Å². The Morgan fingerprint density at radius 1 is 0.455 bits per heavy atom. The maximum atomic E-state index is 13.2. The third-order valence-electron chi connectivity index (χ3n) is 11.7. The zero-order valence-electron chi connectivity index (χ0n) is 42.8. The Morgan fingerprint density at radius 3 is 1.39 bits per heavy atom. The number of ether oxygens (including phenoxy) is 1. The highest BCUT2D eigenvalue weighted by Crippen LogP contribution is 2.17. The van der Waals surface area contributed by atoms with Crippen molar-refractivity contribution in [3.05, 3.63) is 109 Å². The fraction of sp³-hybridized carbons (Fsp3) is 0.667. The van der Waals surface area contributed by atoms with Gasteiger partial charge >= 0.3 is 5.97 Å². The molecule has 3 atom stereocenters. The number of nitrogens with one attached hydrogen (secondary N) is 1. The molecule has 0 bridgehead atoms. The summed E-state index contributed by atoms with van der Waals surface area (Å²) in [6.07, 6.45) is 71.4. The van der Waals surface area contributed by atoms with Crippen LogP contribution in [0.1, 0.15) is 233 Å². The van der Waals surface area contributed by atoms with Gasteiger partial charge in [0.25, 0.3) is 0 Å². The van der Waals surface area contributed by atoms with Crippen molar-refractivity contribution < 1.29 is 24.5 Å². The largest absolute Gasteiger partial charge is 0.462 e. The van der Waals surface area contributed by atoms with E-state index in [2.05, 4.69) is 99.0 Å². The van der Waals surface area contributed by atoms with Gasteiger partial charge in [-0.2, -0.15) is 0 Å². The fourth-order valence-electron chi connectivity index (χ4n) is 7.57. The molecule has 0 aromatic heterocycles. The van der Waals surface area contributed by atoms with E-state index in [-0.39, 0.29) is 24.9 Å². The maximum Gasteiger partial charge on any atom is 0.306 e. The van der Waals surface area contributed by atoms with Crippen molar-refractivity contribution in [1.82, 2.24) is 5.32 Å². The standard InChI is InChI=1S/C60H101NO5/c1-4-7-10-13-16-19-22-25-28-30-32-35-38-41-44-47-50-53-60(65)66-56(51-48-45-42-39-36-33-31-29-26-23-20-17-14-11-8-5-2)54-59(64)61-57(55-62)58(63)52-49-46-43-40-37-34-27-24-21-18-15-12-9-6-3/h11,14,16-17,19-20,23,25-26,28-29,31-33,35-36,41,44,56-58,62-63H,4-10,12-13,15,18,21-22,24,27,30,34,37-40,42-43,45-55H2,1-3H3,(H,61,64)/b14-11+,19-16-,20-17+,26-23+,28-25-,31-29+,35-32-,36-33+,44-41-. The van der Waals surface area contributed by atoms with Crippen LogP contribution in [0, 0.1) is 0 Å². The van der Waals surface area contributed by atoms with Crippen molar-refractivity contribution in [3.63, 3.8) is 0 Å². The van der Waals surface area contributed by atoms with Crippen LogP contribution in [0.4, 0.5) is 0 Å². The van der Waals surface area contributed by atoms with E-state index in [1.165, 1.54) is 96.3 Å². The molecule has 0 aliphatic heterocycles. The first-order chi connectivity index (χ1) is 32.5. The number of esters is 1. The third-order valence-corrected chi connectivity index (χ3v) is 11.7. The molecule has 0 radical (unpaired) electrons. The van der Waals surface area contributed by atoms with Crippen LogP contribution in [0.15, 0.2) is 109 Å². The van der Waals surface area contributed by atoms with E-state index in [0.717, 1.165) is 83.5 Å². The molecule has 0 heterocycles. The lowest BCUT2D eigenvalue weighted by Gasteiger charge is -2.24. The minimum absolute atomic E-state index is 0.0213. The highest BCUT2D eigenvalue weighted by Gasteiger charge is 2.24. The molecule has 3 N–H and O–H groups in total. The van der Waals surface area contributed by atoms with Gasteiger partial charge in [0.1, 0.15) is 6.10 Å². The Morgan fingerprint density at radius 2 is 0.864 bits per heavy atom. The molecule has 3 unspecified atom stereocenters. The highest BCUT2D eigenvalue weighted by atomic mass is 16.5. The molecule has 66 heavy (non-hydrogen) atoms. The van der Waals surface area contributed by atoms with E-state index in [4.69, 9.17) is 4.74 Å². The quantitative estimate of drug-likeness (QED) is 0.0245. The molecule has 0 spiro atoms. The van der Waals surface area contributed by atoms with E-state index in [0.29, 0.717) is 25.7 Å². The minimum atomic E-state index is -0.816. The smallest absolute Gasteiger partial charge is 0.306 e. The number of rotatable bonds is 47. The van der Waals surface area contributed by atoms with Gasteiger partial charge in [-0.05, 0) is 83.5 Å². The van der Waals surface area contributed by atoms with Crippen molar-refractivity contribution in [2.75, 3.05) is 6.61 Å². The first-order valence-electron chi connectivity index (χ1n) is 27.2. The summed E-state index contributed by atoms with van der Waals surface area (Å²) >= 11 is 0. The van der Waals surface area contributed by atoms with Crippen molar-refractivity contribution in [2.24, 2.45) is 0 Å². The van der Waals surface area contributed by atoms with Gasteiger partial charge in [0.15, 0.2) is 0 Å². The number of carbonyl (C=O) groups excluding carboxylic acids is 2. The summed E-state index contributed by atoms with van der Waals surface area (Å²) in [5.74, 6) is -0.590.